The molecule has 0 aliphatic heterocycles. The van der Waals surface area contributed by atoms with Crippen molar-refractivity contribution in [1.29, 1.82) is 0 Å². The smallest absolute Gasteiger partial charge is 0.326 e. The van der Waals surface area contributed by atoms with Crippen molar-refractivity contribution < 1.29 is 29.1 Å². The Hall–Kier alpha value is -4.72. The standard InChI is InChI=1S/C28H38N8O6/c1-3-15(2)24(30)27(40)35-21(11-17-13-31-14-33-17)26(39)34-20(8-9-23(29)37)25(38)36-22(28(41)42)10-16-12-32-19-7-5-4-6-18(16)19/h4-7,12-15,20-22,24,32H,3,8-11,30H2,1-2H3,(H2,29,37)(H,31,33)(H,34,39)(H,35,40)(H,36,38)(H,41,42). The van der Waals surface area contributed by atoms with Crippen LogP contribution < -0.4 is 27.4 Å². The van der Waals surface area contributed by atoms with Gasteiger partial charge in [-0.15, -0.1) is 0 Å². The maximum atomic E-state index is 13.4. The summed E-state index contributed by atoms with van der Waals surface area (Å²) >= 11 is 0. The van der Waals surface area contributed by atoms with Crippen molar-refractivity contribution in [2.24, 2.45) is 17.4 Å². The van der Waals surface area contributed by atoms with Crippen LogP contribution in [0.2, 0.25) is 0 Å². The third-order valence-corrected chi connectivity index (χ3v) is 7.20. The molecule has 0 aliphatic rings. The lowest BCUT2D eigenvalue weighted by Crippen LogP contribution is -2.58. The lowest BCUT2D eigenvalue weighted by atomic mass is 9.98. The largest absolute Gasteiger partial charge is 0.480 e. The maximum absolute atomic E-state index is 13.4. The van der Waals surface area contributed by atoms with Crippen molar-refractivity contribution in [2.75, 3.05) is 0 Å². The number of primary amides is 1. The monoisotopic (exact) mass is 582 g/mol. The molecule has 14 nitrogen and oxygen atoms in total. The number of amides is 4. The highest BCUT2D eigenvalue weighted by atomic mass is 16.4. The van der Waals surface area contributed by atoms with Crippen LogP contribution in [-0.4, -0.2) is 73.8 Å². The number of para-hydroxylation sites is 1. The number of aromatic nitrogens is 3. The molecule has 226 valence electrons. The number of hydrogen-bond donors (Lipinski definition) is 8. The third kappa shape index (κ3) is 8.64. The van der Waals surface area contributed by atoms with Crippen LogP contribution in [0.15, 0.2) is 43.0 Å². The Morgan fingerprint density at radius 3 is 2.26 bits per heavy atom. The number of nitrogens with one attached hydrogen (secondary N) is 5. The molecule has 0 saturated heterocycles. The molecule has 0 radical (unpaired) electrons. The van der Waals surface area contributed by atoms with Crippen LogP contribution in [-0.2, 0) is 36.8 Å². The van der Waals surface area contributed by atoms with E-state index in [2.05, 4.69) is 30.9 Å². The first-order valence-corrected chi connectivity index (χ1v) is 13.7. The van der Waals surface area contributed by atoms with Gasteiger partial charge in [0.25, 0.3) is 0 Å². The number of aromatic amines is 2. The number of fused-ring (bicyclic) bond motifs is 1. The number of benzene rings is 1. The van der Waals surface area contributed by atoms with Crippen LogP contribution in [0.3, 0.4) is 0 Å². The number of carboxylic acids is 1. The average molecular weight is 583 g/mol. The maximum Gasteiger partial charge on any atom is 0.326 e. The molecule has 5 unspecified atom stereocenters. The minimum absolute atomic E-state index is 0.00721. The minimum Gasteiger partial charge on any atom is -0.480 e. The highest BCUT2D eigenvalue weighted by Crippen LogP contribution is 2.19. The molecule has 0 spiro atoms. The van der Waals surface area contributed by atoms with Gasteiger partial charge in [-0.1, -0.05) is 38.5 Å². The van der Waals surface area contributed by atoms with E-state index in [-0.39, 0.29) is 31.6 Å². The van der Waals surface area contributed by atoms with E-state index < -0.39 is 53.8 Å². The SMILES string of the molecule is CCC(C)C(N)C(=O)NC(Cc1cnc[nH]1)C(=O)NC(CCC(N)=O)C(=O)NC(Cc1c[nH]c2ccccc12)C(=O)O. The normalized spacial score (nSPS) is 14.7. The summed E-state index contributed by atoms with van der Waals surface area (Å²) < 4.78 is 0. The molecule has 14 heteroatoms. The Balaban J connectivity index is 1.78. The number of carbonyl (C=O) groups excluding carboxylic acids is 4. The lowest BCUT2D eigenvalue weighted by Gasteiger charge is -2.26. The van der Waals surface area contributed by atoms with Gasteiger partial charge in [0.2, 0.25) is 23.6 Å². The van der Waals surface area contributed by atoms with E-state index in [1.54, 1.807) is 6.20 Å². The summed E-state index contributed by atoms with van der Waals surface area (Å²) in [6.45, 7) is 3.70. The molecule has 0 bridgehead atoms. The fourth-order valence-corrected chi connectivity index (χ4v) is 4.43. The predicted octanol–water partition coefficient (Wildman–Crippen LogP) is -0.146. The van der Waals surface area contributed by atoms with E-state index in [4.69, 9.17) is 11.5 Å². The summed E-state index contributed by atoms with van der Waals surface area (Å²) in [5.74, 6) is -4.25. The van der Waals surface area contributed by atoms with Gasteiger partial charge in [0.05, 0.1) is 12.4 Å². The molecule has 2 heterocycles. The summed E-state index contributed by atoms with van der Waals surface area (Å²) in [7, 11) is 0. The van der Waals surface area contributed by atoms with Gasteiger partial charge in [-0.25, -0.2) is 9.78 Å². The molecule has 0 aliphatic carbocycles. The topological polar surface area (TPSA) is 238 Å². The van der Waals surface area contributed by atoms with Gasteiger partial charge in [-0.3, -0.25) is 19.2 Å². The molecule has 4 amide bonds. The number of aliphatic carboxylic acids is 1. The minimum atomic E-state index is -1.33. The van der Waals surface area contributed by atoms with Gasteiger partial charge >= 0.3 is 5.97 Å². The van der Waals surface area contributed by atoms with Gasteiger partial charge in [-0.2, -0.15) is 0 Å². The molecule has 5 atom stereocenters. The zero-order valence-corrected chi connectivity index (χ0v) is 23.6. The average Bonchev–Trinajstić information content (AvgIpc) is 3.63. The number of H-pyrrole nitrogens is 2. The zero-order chi connectivity index (χ0) is 30.8. The van der Waals surface area contributed by atoms with Crippen LogP contribution in [0.4, 0.5) is 0 Å². The van der Waals surface area contributed by atoms with Crippen molar-refractivity contribution in [3.8, 4) is 0 Å². The Bertz CT molecular complexity index is 1390. The molecule has 10 N–H and O–H groups in total. The second-order valence-corrected chi connectivity index (χ2v) is 10.3. The molecule has 2 aromatic heterocycles. The fraction of sp³-hybridized carbons (Fsp3) is 0.429. The van der Waals surface area contributed by atoms with Gasteiger partial charge in [-0.05, 0) is 24.0 Å². The Labute approximate surface area is 242 Å². The molecular weight excluding hydrogens is 544 g/mol. The first-order chi connectivity index (χ1) is 20.0. The number of carbonyl (C=O) groups is 5. The van der Waals surface area contributed by atoms with Crippen molar-refractivity contribution >= 4 is 40.5 Å². The number of nitrogens with two attached hydrogens (primary N) is 2. The number of imidazole rings is 1. The summed E-state index contributed by atoms with van der Waals surface area (Å²) in [4.78, 5) is 73.1. The fourth-order valence-electron chi connectivity index (χ4n) is 4.43. The van der Waals surface area contributed by atoms with E-state index in [9.17, 15) is 29.1 Å². The van der Waals surface area contributed by atoms with E-state index in [0.29, 0.717) is 17.7 Å². The second-order valence-electron chi connectivity index (χ2n) is 10.3. The highest BCUT2D eigenvalue weighted by Gasteiger charge is 2.32. The number of hydrogen-bond acceptors (Lipinski definition) is 7. The predicted molar refractivity (Wildman–Crippen MR) is 154 cm³/mol. The second kappa shape index (κ2) is 14.8. The third-order valence-electron chi connectivity index (χ3n) is 7.20. The Morgan fingerprint density at radius 2 is 1.62 bits per heavy atom. The van der Waals surface area contributed by atoms with Gasteiger partial charge in [0.15, 0.2) is 0 Å². The quantitative estimate of drug-likeness (QED) is 0.113. The number of rotatable bonds is 16. The van der Waals surface area contributed by atoms with Crippen LogP contribution in [0.25, 0.3) is 10.9 Å². The molecule has 3 aromatic rings. The van der Waals surface area contributed by atoms with E-state index in [1.807, 2.05) is 38.1 Å². The van der Waals surface area contributed by atoms with Crippen molar-refractivity contribution in [3.63, 3.8) is 0 Å². The highest BCUT2D eigenvalue weighted by molar-refractivity contribution is 5.94. The first kappa shape index (κ1) is 31.8. The molecule has 3 rings (SSSR count). The van der Waals surface area contributed by atoms with Gasteiger partial charge in [0.1, 0.15) is 18.1 Å². The Morgan fingerprint density at radius 1 is 0.952 bits per heavy atom. The summed E-state index contributed by atoms with van der Waals surface area (Å²) in [6.07, 6.45) is 4.75. The molecule has 0 saturated carbocycles. The lowest BCUT2D eigenvalue weighted by molar-refractivity contribution is -0.142. The first-order valence-electron chi connectivity index (χ1n) is 13.7. The van der Waals surface area contributed by atoms with Crippen molar-refractivity contribution in [2.45, 2.75) is 70.1 Å². The van der Waals surface area contributed by atoms with Crippen molar-refractivity contribution in [1.82, 2.24) is 30.9 Å². The molecule has 1 aromatic carbocycles. The van der Waals surface area contributed by atoms with Gasteiger partial charge in [0, 0.05) is 48.3 Å². The van der Waals surface area contributed by atoms with E-state index in [1.165, 1.54) is 12.5 Å². The molecule has 42 heavy (non-hydrogen) atoms. The number of nitrogens with zero attached hydrogens (tertiary/aromatic N) is 1. The van der Waals surface area contributed by atoms with E-state index in [0.717, 1.165) is 10.9 Å². The number of carboxylic acid groups (broad SMARTS) is 1. The molecular formula is C28H38N8O6. The van der Waals surface area contributed by atoms with Crippen LogP contribution in [0.1, 0.15) is 44.4 Å². The summed E-state index contributed by atoms with van der Waals surface area (Å²) in [5.41, 5.74) is 13.4. The van der Waals surface area contributed by atoms with Crippen LogP contribution >= 0.6 is 0 Å². The zero-order valence-electron chi connectivity index (χ0n) is 23.6. The summed E-state index contributed by atoms with van der Waals surface area (Å²) in [6, 6.07) is 2.65. The Kier molecular flexibility index (Phi) is 11.2. The van der Waals surface area contributed by atoms with Gasteiger partial charge < -0.3 is 42.5 Å². The van der Waals surface area contributed by atoms with Crippen molar-refractivity contribution in [3.05, 3.63) is 54.2 Å². The van der Waals surface area contributed by atoms with Crippen LogP contribution in [0, 0.1) is 5.92 Å². The summed E-state index contributed by atoms with van der Waals surface area (Å²) in [5, 5.41) is 18.3. The van der Waals surface area contributed by atoms with Crippen LogP contribution in [0.5, 0.6) is 0 Å². The molecule has 0 fully saturated rings. The van der Waals surface area contributed by atoms with E-state index >= 15 is 0 Å².